The number of hydrogen-bond donors (Lipinski definition) is 1. The fourth-order valence-corrected chi connectivity index (χ4v) is 4.09. The lowest BCUT2D eigenvalue weighted by Gasteiger charge is -2.17. The summed E-state index contributed by atoms with van der Waals surface area (Å²) in [6.07, 6.45) is 1.63. The molecule has 0 spiro atoms. The van der Waals surface area contributed by atoms with Crippen molar-refractivity contribution < 1.29 is 24.2 Å². The van der Waals surface area contributed by atoms with Gasteiger partial charge < -0.3 is 14.6 Å². The molecule has 2 aromatic carbocycles. The van der Waals surface area contributed by atoms with Gasteiger partial charge in [-0.2, -0.15) is 0 Å². The Labute approximate surface area is 186 Å². The normalized spacial score (nSPS) is 15.3. The fraction of sp³-hybridized carbons (Fsp3) is 0.333. The smallest absolute Gasteiger partial charge is 0.293 e. The molecule has 7 heteroatoms. The Morgan fingerprint density at radius 3 is 2.58 bits per heavy atom. The molecule has 1 aliphatic heterocycles. The topological polar surface area (TPSA) is 76.1 Å². The number of phenols is 1. The van der Waals surface area contributed by atoms with Gasteiger partial charge in [-0.3, -0.25) is 14.5 Å². The van der Waals surface area contributed by atoms with Crippen LogP contribution in [0.25, 0.3) is 6.08 Å². The molecule has 0 aliphatic carbocycles. The predicted octanol–water partition coefficient (Wildman–Crippen LogP) is 5.34. The van der Waals surface area contributed by atoms with Gasteiger partial charge in [0.05, 0.1) is 18.1 Å². The number of amides is 2. The van der Waals surface area contributed by atoms with E-state index in [1.165, 1.54) is 11.0 Å². The Bertz CT molecular complexity index is 1020. The largest absolute Gasteiger partial charge is 0.504 e. The molecular formula is C24H27NO5S. The summed E-state index contributed by atoms with van der Waals surface area (Å²) in [7, 11) is 0. The van der Waals surface area contributed by atoms with Crippen LogP contribution in [0.4, 0.5) is 4.79 Å². The van der Waals surface area contributed by atoms with Gasteiger partial charge >= 0.3 is 0 Å². The number of carbonyl (C=O) groups excluding carboxylic acids is 2. The average molecular weight is 442 g/mol. The third-order valence-corrected chi connectivity index (χ3v) is 5.73. The number of thioether (sulfide) groups is 1. The molecule has 2 amide bonds. The molecule has 0 saturated carbocycles. The lowest BCUT2D eigenvalue weighted by atomic mass is 10.0. The number of ether oxygens (including phenoxy) is 2. The van der Waals surface area contributed by atoms with Crippen LogP contribution in [0, 0.1) is 6.92 Å². The SMILES string of the molecule is CCOc1cc(/C=C2\SC(=O)N(CCOc3cc(C)ccc3C(C)C)C2=O)ccc1O. The Morgan fingerprint density at radius 1 is 1.10 bits per heavy atom. The second kappa shape index (κ2) is 9.92. The standard InChI is InChI=1S/C24H27NO5S/c1-5-29-21-13-17(7-9-19(21)26)14-22-23(27)25(24(28)31-22)10-11-30-20-12-16(4)6-8-18(20)15(2)3/h6-9,12-15,26H,5,10-11H2,1-4H3/b22-14-. The van der Waals surface area contributed by atoms with Crippen molar-refractivity contribution in [2.24, 2.45) is 0 Å². The summed E-state index contributed by atoms with van der Waals surface area (Å²) >= 11 is 0.896. The molecule has 1 heterocycles. The molecule has 6 nitrogen and oxygen atoms in total. The first kappa shape index (κ1) is 22.7. The van der Waals surface area contributed by atoms with Crippen LogP contribution < -0.4 is 9.47 Å². The van der Waals surface area contributed by atoms with Crippen molar-refractivity contribution in [1.82, 2.24) is 4.90 Å². The van der Waals surface area contributed by atoms with Gasteiger partial charge in [0.15, 0.2) is 11.5 Å². The van der Waals surface area contributed by atoms with Crippen LogP contribution in [-0.4, -0.2) is 40.9 Å². The van der Waals surface area contributed by atoms with Crippen LogP contribution in [0.2, 0.25) is 0 Å². The van der Waals surface area contributed by atoms with Gasteiger partial charge in [-0.1, -0.05) is 32.0 Å². The molecule has 0 radical (unpaired) electrons. The highest BCUT2D eigenvalue weighted by Crippen LogP contribution is 2.34. The monoisotopic (exact) mass is 441 g/mol. The summed E-state index contributed by atoms with van der Waals surface area (Å²) in [5, 5.41) is 9.51. The molecule has 164 valence electrons. The third kappa shape index (κ3) is 5.41. The summed E-state index contributed by atoms with van der Waals surface area (Å²) in [5.41, 5.74) is 2.86. The average Bonchev–Trinajstić information content (AvgIpc) is 2.98. The van der Waals surface area contributed by atoms with E-state index >= 15 is 0 Å². The number of aromatic hydroxyl groups is 1. The summed E-state index contributed by atoms with van der Waals surface area (Å²) in [5.74, 6) is 1.11. The first-order chi connectivity index (χ1) is 14.8. The van der Waals surface area contributed by atoms with E-state index in [0.29, 0.717) is 28.7 Å². The van der Waals surface area contributed by atoms with Crippen molar-refractivity contribution in [3.63, 3.8) is 0 Å². The Morgan fingerprint density at radius 2 is 1.87 bits per heavy atom. The minimum Gasteiger partial charge on any atom is -0.504 e. The first-order valence-corrected chi connectivity index (χ1v) is 11.1. The molecule has 1 N–H and O–H groups in total. The molecule has 31 heavy (non-hydrogen) atoms. The molecule has 0 aromatic heterocycles. The van der Waals surface area contributed by atoms with Crippen molar-refractivity contribution in [2.75, 3.05) is 19.8 Å². The van der Waals surface area contributed by atoms with E-state index in [0.717, 1.165) is 28.6 Å². The van der Waals surface area contributed by atoms with Gasteiger partial charge in [0.1, 0.15) is 12.4 Å². The van der Waals surface area contributed by atoms with Crippen LogP contribution in [0.1, 0.15) is 43.4 Å². The van der Waals surface area contributed by atoms with E-state index in [-0.39, 0.29) is 30.0 Å². The van der Waals surface area contributed by atoms with Crippen LogP contribution >= 0.6 is 11.8 Å². The lowest BCUT2D eigenvalue weighted by Crippen LogP contribution is -2.32. The number of benzene rings is 2. The number of nitrogens with zero attached hydrogens (tertiary/aromatic N) is 1. The fourth-order valence-electron chi connectivity index (χ4n) is 3.23. The maximum atomic E-state index is 12.7. The minimum absolute atomic E-state index is 0.0289. The molecule has 2 aromatic rings. The van der Waals surface area contributed by atoms with Crippen molar-refractivity contribution in [3.05, 3.63) is 58.0 Å². The van der Waals surface area contributed by atoms with Crippen LogP contribution in [-0.2, 0) is 4.79 Å². The van der Waals surface area contributed by atoms with Gasteiger partial charge in [-0.05, 0) is 72.5 Å². The number of hydrogen-bond acceptors (Lipinski definition) is 6. The molecule has 1 fully saturated rings. The quantitative estimate of drug-likeness (QED) is 0.558. The van der Waals surface area contributed by atoms with Gasteiger partial charge in [0.25, 0.3) is 11.1 Å². The zero-order valence-electron chi connectivity index (χ0n) is 18.2. The summed E-state index contributed by atoms with van der Waals surface area (Å²) in [6, 6.07) is 10.9. The van der Waals surface area contributed by atoms with Gasteiger partial charge in [0, 0.05) is 0 Å². The van der Waals surface area contributed by atoms with Crippen LogP contribution in [0.3, 0.4) is 0 Å². The van der Waals surface area contributed by atoms with Crippen molar-refractivity contribution in [1.29, 1.82) is 0 Å². The molecule has 1 aliphatic rings. The molecule has 0 atom stereocenters. The Kier molecular flexibility index (Phi) is 7.28. The van der Waals surface area contributed by atoms with Crippen molar-refractivity contribution in [3.8, 4) is 17.2 Å². The molecular weight excluding hydrogens is 414 g/mol. The highest BCUT2D eigenvalue weighted by molar-refractivity contribution is 8.18. The van der Waals surface area contributed by atoms with E-state index in [2.05, 4.69) is 13.8 Å². The molecule has 1 saturated heterocycles. The van der Waals surface area contributed by atoms with E-state index in [4.69, 9.17) is 9.47 Å². The highest BCUT2D eigenvalue weighted by atomic mass is 32.2. The molecule has 0 bridgehead atoms. The predicted molar refractivity (Wildman–Crippen MR) is 123 cm³/mol. The van der Waals surface area contributed by atoms with Crippen LogP contribution in [0.15, 0.2) is 41.3 Å². The molecule has 3 rings (SSSR count). The van der Waals surface area contributed by atoms with Gasteiger partial charge in [-0.15, -0.1) is 0 Å². The second-order valence-electron chi connectivity index (χ2n) is 7.54. The Hall–Kier alpha value is -2.93. The van der Waals surface area contributed by atoms with Crippen molar-refractivity contribution >= 4 is 29.0 Å². The summed E-state index contributed by atoms with van der Waals surface area (Å²) in [6.45, 7) is 8.82. The zero-order valence-corrected chi connectivity index (χ0v) is 19.0. The van der Waals surface area contributed by atoms with E-state index < -0.39 is 0 Å². The third-order valence-electron chi connectivity index (χ3n) is 4.82. The van der Waals surface area contributed by atoms with E-state index in [1.807, 2.05) is 32.0 Å². The number of rotatable bonds is 8. The minimum atomic E-state index is -0.349. The summed E-state index contributed by atoms with van der Waals surface area (Å²) < 4.78 is 11.3. The van der Waals surface area contributed by atoms with E-state index in [1.54, 1.807) is 18.2 Å². The number of carbonyl (C=O) groups is 2. The summed E-state index contributed by atoms with van der Waals surface area (Å²) in [4.78, 5) is 26.7. The van der Waals surface area contributed by atoms with Crippen LogP contribution in [0.5, 0.6) is 17.2 Å². The van der Waals surface area contributed by atoms with Gasteiger partial charge in [-0.25, -0.2) is 0 Å². The lowest BCUT2D eigenvalue weighted by molar-refractivity contribution is -0.123. The second-order valence-corrected chi connectivity index (χ2v) is 8.53. The van der Waals surface area contributed by atoms with E-state index in [9.17, 15) is 14.7 Å². The van der Waals surface area contributed by atoms with Gasteiger partial charge in [0.2, 0.25) is 0 Å². The molecule has 0 unspecified atom stereocenters. The number of imide groups is 1. The maximum absolute atomic E-state index is 12.7. The first-order valence-electron chi connectivity index (χ1n) is 10.2. The number of aryl methyl sites for hydroxylation is 1. The number of phenolic OH excluding ortho intramolecular Hbond substituents is 1. The zero-order chi connectivity index (χ0) is 22.5. The maximum Gasteiger partial charge on any atom is 0.293 e. The highest BCUT2D eigenvalue weighted by Gasteiger charge is 2.34. The Balaban J connectivity index is 1.68. The van der Waals surface area contributed by atoms with Crippen molar-refractivity contribution in [2.45, 2.75) is 33.6 Å².